The summed E-state index contributed by atoms with van der Waals surface area (Å²) in [5.41, 5.74) is 10.6. The Labute approximate surface area is 234 Å². The van der Waals surface area contributed by atoms with E-state index < -0.39 is 12.0 Å². The van der Waals surface area contributed by atoms with E-state index >= 15 is 0 Å². The first kappa shape index (κ1) is 28.1. The van der Waals surface area contributed by atoms with Gasteiger partial charge >= 0.3 is 0 Å². The van der Waals surface area contributed by atoms with Crippen LogP contribution in [0.2, 0.25) is 0 Å². The zero-order chi connectivity index (χ0) is 28.1. The van der Waals surface area contributed by atoms with Crippen LogP contribution in [0.25, 0.3) is 10.9 Å². The highest BCUT2D eigenvalue weighted by molar-refractivity contribution is 6.08. The lowest BCUT2D eigenvalue weighted by molar-refractivity contribution is 0.0341. The number of anilines is 2. The zero-order valence-corrected chi connectivity index (χ0v) is 23.2. The minimum atomic E-state index is -0.671. The quantitative estimate of drug-likeness (QED) is 0.254. The van der Waals surface area contributed by atoms with Crippen LogP contribution in [0, 0.1) is 0 Å². The minimum Gasteiger partial charge on any atom is -0.493 e. The van der Waals surface area contributed by atoms with Crippen LogP contribution < -0.4 is 25.8 Å². The number of rotatable bonds is 13. The van der Waals surface area contributed by atoms with E-state index in [0.29, 0.717) is 40.7 Å². The van der Waals surface area contributed by atoms with Crippen molar-refractivity contribution >= 4 is 28.2 Å². The zero-order valence-electron chi connectivity index (χ0n) is 23.2. The smallest absolute Gasteiger partial charge is 0.252 e. The predicted octanol–water partition coefficient (Wildman–Crippen LogP) is 2.97. The van der Waals surface area contributed by atoms with Crippen LogP contribution in [0.1, 0.15) is 41.3 Å². The average molecular weight is 550 g/mol. The topological polar surface area (TPSA) is 131 Å². The number of nitrogens with two attached hydrogens (primary N) is 1. The summed E-state index contributed by atoms with van der Waals surface area (Å²) in [6, 6.07) is 10.3. The van der Waals surface area contributed by atoms with Crippen LogP contribution in [0.4, 0.5) is 11.4 Å². The van der Waals surface area contributed by atoms with Crippen molar-refractivity contribution in [2.75, 3.05) is 51.9 Å². The minimum absolute atomic E-state index is 0.0941. The lowest BCUT2D eigenvalue weighted by atomic mass is 10.0. The van der Waals surface area contributed by atoms with Gasteiger partial charge in [-0.2, -0.15) is 0 Å². The third kappa shape index (κ3) is 6.64. The number of hydrogen-bond acceptors (Lipinski definition) is 9. The second kappa shape index (κ2) is 12.8. The fourth-order valence-electron chi connectivity index (χ4n) is 5.08. The monoisotopic (exact) mass is 549 g/mol. The Morgan fingerprint density at radius 2 is 2.05 bits per heavy atom. The van der Waals surface area contributed by atoms with Crippen LogP contribution in [0.5, 0.6) is 11.5 Å². The predicted molar refractivity (Wildman–Crippen MR) is 155 cm³/mol. The number of nitrogens with zero attached hydrogens (tertiary/aromatic N) is 2. The van der Waals surface area contributed by atoms with E-state index in [1.807, 2.05) is 12.1 Å². The second-order valence-corrected chi connectivity index (χ2v) is 10.4. The van der Waals surface area contributed by atoms with Gasteiger partial charge in [-0.1, -0.05) is 19.1 Å². The molecule has 214 valence electrons. The molecule has 0 spiro atoms. The number of nitrogens with one attached hydrogen (secondary N) is 2. The van der Waals surface area contributed by atoms with Crippen molar-refractivity contribution in [2.24, 2.45) is 5.73 Å². The van der Waals surface area contributed by atoms with E-state index in [-0.39, 0.29) is 12.2 Å². The number of benzene rings is 2. The summed E-state index contributed by atoms with van der Waals surface area (Å²) < 4.78 is 17.1. The molecule has 2 fully saturated rings. The number of aromatic nitrogens is 1. The lowest BCUT2D eigenvalue weighted by Crippen LogP contribution is -2.35. The van der Waals surface area contributed by atoms with Crippen LogP contribution in [0.15, 0.2) is 36.5 Å². The summed E-state index contributed by atoms with van der Waals surface area (Å²) in [5.74, 6) is 0.352. The molecule has 1 saturated heterocycles. The van der Waals surface area contributed by atoms with Crippen molar-refractivity contribution in [1.82, 2.24) is 15.2 Å². The number of morpholine rings is 1. The molecule has 1 aromatic heterocycles. The number of ether oxygens (including phenoxy) is 3. The maximum atomic E-state index is 12.5. The van der Waals surface area contributed by atoms with Gasteiger partial charge in [-0.3, -0.25) is 14.7 Å². The summed E-state index contributed by atoms with van der Waals surface area (Å²) in [6.07, 6.45) is 3.92. The molecule has 2 aliphatic rings. The van der Waals surface area contributed by atoms with E-state index in [9.17, 15) is 9.90 Å². The van der Waals surface area contributed by atoms with Gasteiger partial charge in [0.05, 0.1) is 37.1 Å². The first-order chi connectivity index (χ1) is 19.5. The molecule has 2 aromatic carbocycles. The maximum absolute atomic E-state index is 12.5. The molecule has 2 heterocycles. The largest absolute Gasteiger partial charge is 0.493 e. The molecule has 10 nitrogen and oxygen atoms in total. The fourth-order valence-corrected chi connectivity index (χ4v) is 5.08. The number of pyridine rings is 1. The van der Waals surface area contributed by atoms with Crippen LogP contribution in [-0.4, -0.2) is 79.6 Å². The highest BCUT2D eigenvalue weighted by Crippen LogP contribution is 2.38. The molecule has 5 rings (SSSR count). The first-order valence-electron chi connectivity index (χ1n) is 14.0. The van der Waals surface area contributed by atoms with Gasteiger partial charge in [-0.15, -0.1) is 0 Å². The van der Waals surface area contributed by atoms with E-state index in [1.165, 1.54) is 17.3 Å². The molecule has 3 aromatic rings. The standard InChI is InChI=1S/C30H39N5O5/c1-3-22-19(17-35-9-11-39-12-10-35)5-4-6-25(22)34-29-23-13-28(40-18-21(36)15-32-20-7-8-20)27(38-2)14-26(23)33-16-24(29)30(31)37/h4-6,13-14,16,20-21,32,36H,3,7-12,15,17-18H2,1-2H3,(H2,31,37)(H,33,34)/t21-/m1/s1. The van der Waals surface area contributed by atoms with Gasteiger partial charge in [-0.05, 0) is 42.5 Å². The Hall–Kier alpha value is -3.44. The fraction of sp³-hybridized carbons (Fsp3) is 0.467. The number of fused-ring (bicyclic) bond motifs is 1. The molecule has 1 aliphatic heterocycles. The molecule has 0 radical (unpaired) electrons. The van der Waals surface area contributed by atoms with Gasteiger partial charge in [-0.25, -0.2) is 0 Å². The molecule has 40 heavy (non-hydrogen) atoms. The van der Waals surface area contributed by atoms with Crippen molar-refractivity contribution in [3.8, 4) is 11.5 Å². The van der Waals surface area contributed by atoms with Crippen LogP contribution in [0.3, 0.4) is 0 Å². The summed E-state index contributed by atoms with van der Waals surface area (Å²) in [6.45, 7) is 6.80. The van der Waals surface area contributed by atoms with Gasteiger partial charge < -0.3 is 35.7 Å². The van der Waals surface area contributed by atoms with Gasteiger partial charge in [0.1, 0.15) is 12.7 Å². The van der Waals surface area contributed by atoms with Crippen molar-refractivity contribution < 1.29 is 24.1 Å². The Morgan fingerprint density at radius 1 is 1.25 bits per heavy atom. The highest BCUT2D eigenvalue weighted by atomic mass is 16.5. The molecule has 1 atom stereocenters. The maximum Gasteiger partial charge on any atom is 0.252 e. The molecule has 5 N–H and O–H groups in total. The molecule has 1 aliphatic carbocycles. The van der Waals surface area contributed by atoms with E-state index in [4.69, 9.17) is 19.9 Å². The normalized spacial score (nSPS) is 16.6. The summed E-state index contributed by atoms with van der Waals surface area (Å²) >= 11 is 0. The van der Waals surface area contributed by atoms with Crippen LogP contribution in [-0.2, 0) is 17.7 Å². The molecule has 10 heteroatoms. The summed E-state index contributed by atoms with van der Waals surface area (Å²) in [4.78, 5) is 19.4. The number of aliphatic hydroxyl groups is 1. The first-order valence-corrected chi connectivity index (χ1v) is 14.0. The van der Waals surface area contributed by atoms with E-state index in [1.54, 1.807) is 19.2 Å². The molecule has 1 amide bonds. The van der Waals surface area contributed by atoms with E-state index in [0.717, 1.165) is 57.8 Å². The Kier molecular flexibility index (Phi) is 9.01. The number of primary amides is 1. The second-order valence-electron chi connectivity index (χ2n) is 10.4. The van der Waals surface area contributed by atoms with Crippen molar-refractivity contribution in [3.63, 3.8) is 0 Å². The Balaban J connectivity index is 1.47. The molecule has 0 unspecified atom stereocenters. The van der Waals surface area contributed by atoms with Gasteiger partial charge in [0, 0.05) is 55.6 Å². The van der Waals surface area contributed by atoms with Crippen molar-refractivity contribution in [3.05, 3.63) is 53.2 Å². The van der Waals surface area contributed by atoms with Crippen molar-refractivity contribution in [1.29, 1.82) is 0 Å². The summed E-state index contributed by atoms with van der Waals surface area (Å²) in [7, 11) is 1.56. The number of carbonyl (C=O) groups excluding carboxylic acids is 1. The van der Waals surface area contributed by atoms with E-state index in [2.05, 4.69) is 33.5 Å². The average Bonchev–Trinajstić information content (AvgIpc) is 3.80. The number of aliphatic hydroxyl groups excluding tert-OH is 1. The number of carbonyl (C=O) groups is 1. The van der Waals surface area contributed by atoms with Crippen molar-refractivity contribution in [2.45, 2.75) is 44.9 Å². The third-order valence-corrected chi connectivity index (χ3v) is 7.45. The molecular formula is C30H39N5O5. The van der Waals surface area contributed by atoms with Gasteiger partial charge in [0.25, 0.3) is 5.91 Å². The number of methoxy groups -OCH3 is 1. The van der Waals surface area contributed by atoms with Gasteiger partial charge in [0.15, 0.2) is 11.5 Å². The Bertz CT molecular complexity index is 1340. The molecule has 1 saturated carbocycles. The van der Waals surface area contributed by atoms with Gasteiger partial charge in [0.2, 0.25) is 0 Å². The Morgan fingerprint density at radius 3 is 2.75 bits per heavy atom. The SMILES string of the molecule is CCc1c(CN2CCOCC2)cccc1Nc1c(C(N)=O)cnc2cc(OC)c(OC[C@H](O)CNC3CC3)cc12. The number of amides is 1. The third-order valence-electron chi connectivity index (χ3n) is 7.45. The summed E-state index contributed by atoms with van der Waals surface area (Å²) in [5, 5.41) is 17.9. The molecular weight excluding hydrogens is 510 g/mol. The number of hydrogen-bond donors (Lipinski definition) is 4. The lowest BCUT2D eigenvalue weighted by Gasteiger charge is -2.28. The molecule has 0 bridgehead atoms. The van der Waals surface area contributed by atoms with Crippen LogP contribution >= 0.6 is 0 Å². The highest BCUT2D eigenvalue weighted by Gasteiger charge is 2.22.